The zero-order valence-electron chi connectivity index (χ0n) is 19.8. The number of para-hydroxylation sites is 1. The van der Waals surface area contributed by atoms with Crippen LogP contribution in [0.4, 0.5) is 0 Å². The molecule has 1 heterocycles. The first-order chi connectivity index (χ1) is 15.5. The van der Waals surface area contributed by atoms with E-state index >= 15 is 0 Å². The average molecular weight is 434 g/mol. The lowest BCUT2D eigenvalue weighted by atomic mass is 10.1. The van der Waals surface area contributed by atoms with Crippen molar-refractivity contribution >= 4 is 16.8 Å². The molecule has 3 rings (SSSR count). The number of rotatable bonds is 10. The summed E-state index contributed by atoms with van der Waals surface area (Å²) in [5.41, 5.74) is 2.43. The van der Waals surface area contributed by atoms with Gasteiger partial charge in [0.15, 0.2) is 0 Å². The highest BCUT2D eigenvalue weighted by atomic mass is 16.2. The first-order valence-corrected chi connectivity index (χ1v) is 11.9. The topological polar surface area (TPSA) is 55.2 Å². The maximum atomic E-state index is 13.6. The highest BCUT2D eigenvalue weighted by Crippen LogP contribution is 2.27. The van der Waals surface area contributed by atoms with Gasteiger partial charge in [0.2, 0.25) is 5.91 Å². The SMILES string of the molecule is CCCCCCC(=O)N(CC)C(CC)c1nc2ccccc2c(=O)n1-c1cccc(C)c1. The number of nitrogens with zero attached hydrogens (tertiary/aromatic N) is 3. The number of carbonyl (C=O) groups is 1. The molecule has 3 aromatic rings. The van der Waals surface area contributed by atoms with E-state index in [-0.39, 0.29) is 17.5 Å². The van der Waals surface area contributed by atoms with Gasteiger partial charge in [-0.1, -0.05) is 57.4 Å². The summed E-state index contributed by atoms with van der Waals surface area (Å²) in [5, 5.41) is 0.585. The molecule has 5 nitrogen and oxygen atoms in total. The zero-order chi connectivity index (χ0) is 23.1. The molecule has 0 saturated carbocycles. The van der Waals surface area contributed by atoms with Crippen LogP contribution in [-0.4, -0.2) is 26.9 Å². The summed E-state index contributed by atoms with van der Waals surface area (Å²) >= 11 is 0. The monoisotopic (exact) mass is 433 g/mol. The summed E-state index contributed by atoms with van der Waals surface area (Å²) in [5.74, 6) is 0.763. The normalized spacial score (nSPS) is 12.1. The van der Waals surface area contributed by atoms with Gasteiger partial charge in [0, 0.05) is 13.0 Å². The lowest BCUT2D eigenvalue weighted by Gasteiger charge is -2.31. The van der Waals surface area contributed by atoms with Crippen LogP contribution >= 0.6 is 0 Å². The van der Waals surface area contributed by atoms with Crippen molar-refractivity contribution in [3.63, 3.8) is 0 Å². The highest BCUT2D eigenvalue weighted by molar-refractivity contribution is 5.79. The molecule has 0 saturated heterocycles. The predicted octanol–water partition coefficient (Wildman–Crippen LogP) is 5.96. The lowest BCUT2D eigenvalue weighted by Crippen LogP contribution is -2.38. The molecule has 1 amide bonds. The van der Waals surface area contributed by atoms with E-state index in [1.165, 1.54) is 0 Å². The molecule has 2 aromatic carbocycles. The van der Waals surface area contributed by atoms with E-state index in [9.17, 15) is 9.59 Å². The first kappa shape index (κ1) is 23.7. The Morgan fingerprint density at radius 1 is 1.03 bits per heavy atom. The van der Waals surface area contributed by atoms with Crippen LogP contribution in [0.3, 0.4) is 0 Å². The van der Waals surface area contributed by atoms with Gasteiger partial charge < -0.3 is 4.90 Å². The largest absolute Gasteiger partial charge is 0.333 e. The molecule has 0 N–H and O–H groups in total. The third-order valence-corrected chi connectivity index (χ3v) is 6.03. The zero-order valence-corrected chi connectivity index (χ0v) is 19.8. The second-order valence-electron chi connectivity index (χ2n) is 8.38. The second kappa shape index (κ2) is 11.1. The van der Waals surface area contributed by atoms with Gasteiger partial charge in [-0.3, -0.25) is 14.2 Å². The van der Waals surface area contributed by atoms with Crippen molar-refractivity contribution in [3.8, 4) is 5.69 Å². The van der Waals surface area contributed by atoms with Crippen LogP contribution in [0.15, 0.2) is 53.3 Å². The smallest absolute Gasteiger partial charge is 0.266 e. The summed E-state index contributed by atoms with van der Waals surface area (Å²) in [6.07, 6.45) is 5.48. The molecule has 0 fully saturated rings. The third-order valence-electron chi connectivity index (χ3n) is 6.03. The number of aromatic nitrogens is 2. The number of unbranched alkanes of at least 4 members (excludes halogenated alkanes) is 3. The highest BCUT2D eigenvalue weighted by Gasteiger charge is 2.27. The van der Waals surface area contributed by atoms with E-state index in [2.05, 4.69) is 13.8 Å². The van der Waals surface area contributed by atoms with E-state index in [1.807, 2.05) is 67.3 Å². The standard InChI is InChI=1S/C27H35N3O2/c1-5-8-9-10-18-25(31)29(7-3)24(6-2)26-28-23-17-12-11-16-22(23)27(32)30(26)21-15-13-14-20(4)19-21/h11-17,19,24H,5-10,18H2,1-4H3. The van der Waals surface area contributed by atoms with Gasteiger partial charge >= 0.3 is 0 Å². The van der Waals surface area contributed by atoms with Crippen LogP contribution < -0.4 is 5.56 Å². The van der Waals surface area contributed by atoms with Crippen LogP contribution in [0.1, 0.15) is 76.7 Å². The van der Waals surface area contributed by atoms with Crippen molar-refractivity contribution in [3.05, 3.63) is 70.3 Å². The van der Waals surface area contributed by atoms with Crippen LogP contribution in [0.25, 0.3) is 16.6 Å². The minimum absolute atomic E-state index is 0.0962. The number of amides is 1. The average Bonchev–Trinajstić information content (AvgIpc) is 2.80. The molecule has 5 heteroatoms. The number of hydrogen-bond acceptors (Lipinski definition) is 3. The number of fused-ring (bicyclic) bond motifs is 1. The van der Waals surface area contributed by atoms with Crippen molar-refractivity contribution < 1.29 is 4.79 Å². The fourth-order valence-electron chi connectivity index (χ4n) is 4.35. The maximum Gasteiger partial charge on any atom is 0.266 e. The fourth-order valence-corrected chi connectivity index (χ4v) is 4.35. The number of benzene rings is 2. The summed E-state index contributed by atoms with van der Waals surface area (Å²) in [6.45, 7) is 8.82. The molecule has 0 spiro atoms. The third kappa shape index (κ3) is 5.09. The van der Waals surface area contributed by atoms with Crippen molar-refractivity contribution in [2.24, 2.45) is 0 Å². The Balaban J connectivity index is 2.12. The van der Waals surface area contributed by atoms with Crippen molar-refractivity contribution in [2.75, 3.05) is 6.54 Å². The summed E-state index contributed by atoms with van der Waals surface area (Å²) < 4.78 is 1.70. The van der Waals surface area contributed by atoms with E-state index in [4.69, 9.17) is 4.98 Å². The summed E-state index contributed by atoms with van der Waals surface area (Å²) in [6, 6.07) is 15.1. The number of hydrogen-bond donors (Lipinski definition) is 0. The van der Waals surface area contributed by atoms with Gasteiger partial charge in [0.05, 0.1) is 22.6 Å². The quantitative estimate of drug-likeness (QED) is 0.370. The Morgan fingerprint density at radius 3 is 2.50 bits per heavy atom. The van der Waals surface area contributed by atoms with E-state index in [0.717, 1.165) is 36.9 Å². The molecule has 170 valence electrons. The van der Waals surface area contributed by atoms with Gasteiger partial charge in [0.1, 0.15) is 5.82 Å². The van der Waals surface area contributed by atoms with Gasteiger partial charge in [-0.2, -0.15) is 0 Å². The number of carbonyl (C=O) groups excluding carboxylic acids is 1. The Kier molecular flexibility index (Phi) is 8.20. The molecular weight excluding hydrogens is 398 g/mol. The van der Waals surface area contributed by atoms with Gasteiger partial charge in [-0.05, 0) is 56.5 Å². The molecular formula is C27H35N3O2. The first-order valence-electron chi connectivity index (χ1n) is 11.9. The molecule has 0 radical (unpaired) electrons. The van der Waals surface area contributed by atoms with Crippen molar-refractivity contribution in [2.45, 2.75) is 72.3 Å². The maximum absolute atomic E-state index is 13.6. The minimum Gasteiger partial charge on any atom is -0.333 e. The number of aryl methyl sites for hydroxylation is 1. The molecule has 0 bridgehead atoms. The summed E-state index contributed by atoms with van der Waals surface area (Å²) in [4.78, 5) is 33.6. The Morgan fingerprint density at radius 2 is 1.81 bits per heavy atom. The summed E-state index contributed by atoms with van der Waals surface area (Å²) in [7, 11) is 0. The van der Waals surface area contributed by atoms with Crippen LogP contribution in [0.5, 0.6) is 0 Å². The molecule has 0 aliphatic carbocycles. The molecule has 0 aliphatic rings. The second-order valence-corrected chi connectivity index (χ2v) is 8.38. The van der Waals surface area contributed by atoms with Gasteiger partial charge in [-0.15, -0.1) is 0 Å². The van der Waals surface area contributed by atoms with E-state index in [0.29, 0.717) is 36.1 Å². The van der Waals surface area contributed by atoms with Crippen molar-refractivity contribution in [1.82, 2.24) is 14.5 Å². The van der Waals surface area contributed by atoms with Crippen LogP contribution in [0.2, 0.25) is 0 Å². The van der Waals surface area contributed by atoms with Gasteiger partial charge in [0.25, 0.3) is 5.56 Å². The van der Waals surface area contributed by atoms with E-state index in [1.54, 1.807) is 4.57 Å². The van der Waals surface area contributed by atoms with E-state index < -0.39 is 0 Å². The Bertz CT molecular complexity index is 1120. The van der Waals surface area contributed by atoms with Gasteiger partial charge in [-0.25, -0.2) is 4.98 Å². The Hall–Kier alpha value is -2.95. The fraction of sp³-hybridized carbons (Fsp3) is 0.444. The molecule has 1 unspecified atom stereocenters. The molecule has 1 atom stereocenters. The predicted molar refractivity (Wildman–Crippen MR) is 131 cm³/mol. The molecule has 0 aliphatic heterocycles. The molecule has 1 aromatic heterocycles. The van der Waals surface area contributed by atoms with Crippen LogP contribution in [-0.2, 0) is 4.79 Å². The van der Waals surface area contributed by atoms with Crippen molar-refractivity contribution in [1.29, 1.82) is 0 Å². The minimum atomic E-state index is -0.267. The Labute approximate surface area is 191 Å². The lowest BCUT2D eigenvalue weighted by molar-refractivity contribution is -0.133. The van der Waals surface area contributed by atoms with Crippen LogP contribution in [0, 0.1) is 6.92 Å². The molecule has 32 heavy (non-hydrogen) atoms.